The summed E-state index contributed by atoms with van der Waals surface area (Å²) in [7, 11) is 3.08. The number of rotatable bonds is 5. The monoisotopic (exact) mass is 410 g/mol. The number of carbonyl (C=O) groups is 1. The van der Waals surface area contributed by atoms with Crippen LogP contribution >= 0.6 is 0 Å². The van der Waals surface area contributed by atoms with E-state index in [9.17, 15) is 13.6 Å². The Bertz CT molecular complexity index is 1260. The molecule has 30 heavy (non-hydrogen) atoms. The van der Waals surface area contributed by atoms with Crippen molar-refractivity contribution in [1.82, 2.24) is 14.6 Å². The molecule has 152 valence electrons. The van der Waals surface area contributed by atoms with Gasteiger partial charge in [-0.15, -0.1) is 0 Å². The number of hydrogen-bond donors (Lipinski definition) is 1. The largest absolute Gasteiger partial charge is 0.493 e. The molecule has 9 heteroatoms. The maximum Gasteiger partial charge on any atom is 0.276 e. The van der Waals surface area contributed by atoms with Crippen molar-refractivity contribution in [3.05, 3.63) is 72.1 Å². The van der Waals surface area contributed by atoms with Gasteiger partial charge in [0.1, 0.15) is 11.6 Å². The average Bonchev–Trinajstić information content (AvgIpc) is 3.19. The van der Waals surface area contributed by atoms with Crippen LogP contribution in [0.4, 0.5) is 14.5 Å². The van der Waals surface area contributed by atoms with Crippen LogP contribution in [0.5, 0.6) is 11.5 Å². The third-order valence-electron chi connectivity index (χ3n) is 4.45. The average molecular weight is 410 g/mol. The Morgan fingerprint density at radius 3 is 2.53 bits per heavy atom. The minimum atomic E-state index is -0.878. The Morgan fingerprint density at radius 1 is 1.00 bits per heavy atom. The van der Waals surface area contributed by atoms with Gasteiger partial charge in [0.2, 0.25) is 0 Å². The lowest BCUT2D eigenvalue weighted by atomic mass is 10.1. The van der Waals surface area contributed by atoms with Gasteiger partial charge in [-0.1, -0.05) is 0 Å². The second-order valence-corrected chi connectivity index (χ2v) is 6.28. The van der Waals surface area contributed by atoms with E-state index < -0.39 is 17.5 Å². The molecule has 0 unspecified atom stereocenters. The molecule has 7 nitrogen and oxygen atoms in total. The molecule has 0 fully saturated rings. The highest BCUT2D eigenvalue weighted by molar-refractivity contribution is 6.03. The molecule has 0 radical (unpaired) electrons. The van der Waals surface area contributed by atoms with Crippen LogP contribution in [0.15, 0.2) is 54.7 Å². The molecular weight excluding hydrogens is 394 g/mol. The van der Waals surface area contributed by atoms with Gasteiger partial charge in [0.05, 0.1) is 25.6 Å². The van der Waals surface area contributed by atoms with Gasteiger partial charge in [0.15, 0.2) is 22.8 Å². The van der Waals surface area contributed by atoms with Crippen LogP contribution in [0, 0.1) is 11.6 Å². The second-order valence-electron chi connectivity index (χ2n) is 6.28. The SMILES string of the molecule is COc1ccc(-c2ccnc3cc(C(=O)Nc4ccc(F)cc4F)nn23)cc1OC. The number of aromatic nitrogens is 3. The van der Waals surface area contributed by atoms with E-state index in [0.717, 1.165) is 17.7 Å². The first-order chi connectivity index (χ1) is 14.5. The number of fused-ring (bicyclic) bond motifs is 1. The van der Waals surface area contributed by atoms with Gasteiger partial charge in [0, 0.05) is 23.9 Å². The second kappa shape index (κ2) is 7.78. The number of ether oxygens (including phenoxy) is 2. The van der Waals surface area contributed by atoms with Crippen LogP contribution in [-0.4, -0.2) is 34.7 Å². The molecule has 0 saturated carbocycles. The fourth-order valence-electron chi connectivity index (χ4n) is 3.00. The Labute approximate surface area is 169 Å². The molecule has 0 atom stereocenters. The quantitative estimate of drug-likeness (QED) is 0.539. The van der Waals surface area contributed by atoms with Gasteiger partial charge in [0.25, 0.3) is 5.91 Å². The van der Waals surface area contributed by atoms with Crippen LogP contribution in [0.1, 0.15) is 10.5 Å². The van der Waals surface area contributed by atoms with Crippen LogP contribution in [0.3, 0.4) is 0 Å². The van der Waals surface area contributed by atoms with Crippen molar-refractivity contribution in [2.75, 3.05) is 19.5 Å². The van der Waals surface area contributed by atoms with Crippen molar-refractivity contribution >= 4 is 17.2 Å². The van der Waals surface area contributed by atoms with E-state index >= 15 is 0 Å². The summed E-state index contributed by atoms with van der Waals surface area (Å²) in [5, 5.41) is 6.69. The molecule has 0 spiro atoms. The van der Waals surface area contributed by atoms with Gasteiger partial charge < -0.3 is 14.8 Å². The summed E-state index contributed by atoms with van der Waals surface area (Å²) in [5.41, 5.74) is 1.73. The summed E-state index contributed by atoms with van der Waals surface area (Å²) >= 11 is 0. The molecule has 2 aromatic carbocycles. The van der Waals surface area contributed by atoms with Gasteiger partial charge in [-0.25, -0.2) is 18.3 Å². The van der Waals surface area contributed by atoms with Crippen molar-refractivity contribution < 1.29 is 23.0 Å². The van der Waals surface area contributed by atoms with Crippen LogP contribution in [0.2, 0.25) is 0 Å². The summed E-state index contributed by atoms with van der Waals surface area (Å²) in [6, 6.07) is 11.5. The molecule has 0 saturated heterocycles. The molecule has 0 aliphatic rings. The number of nitrogens with one attached hydrogen (secondary N) is 1. The van der Waals surface area contributed by atoms with E-state index in [2.05, 4.69) is 15.4 Å². The maximum atomic E-state index is 13.8. The molecule has 0 bridgehead atoms. The fraction of sp³-hybridized carbons (Fsp3) is 0.0952. The van der Waals surface area contributed by atoms with Crippen molar-refractivity contribution in [1.29, 1.82) is 0 Å². The zero-order chi connectivity index (χ0) is 21.3. The topological polar surface area (TPSA) is 77.8 Å². The molecule has 1 N–H and O–H groups in total. The first kappa shape index (κ1) is 19.3. The maximum absolute atomic E-state index is 13.8. The summed E-state index contributed by atoms with van der Waals surface area (Å²) in [6.07, 6.45) is 1.59. The van der Waals surface area contributed by atoms with Crippen molar-refractivity contribution in [3.63, 3.8) is 0 Å². The van der Waals surface area contributed by atoms with E-state index in [0.29, 0.717) is 28.9 Å². The summed E-state index contributed by atoms with van der Waals surface area (Å²) in [6.45, 7) is 0. The first-order valence-corrected chi connectivity index (χ1v) is 8.83. The smallest absolute Gasteiger partial charge is 0.276 e. The Kier molecular flexibility index (Phi) is 5.01. The standard InChI is InChI=1S/C21H16F2N4O3/c1-29-18-6-3-12(9-19(18)30-2)17-7-8-24-20-11-16(26-27(17)20)21(28)25-15-5-4-13(22)10-14(15)23/h3-11H,1-2H3,(H,25,28). The predicted octanol–water partition coefficient (Wildman–Crippen LogP) is 3.94. The predicted molar refractivity (Wildman–Crippen MR) is 106 cm³/mol. The minimum Gasteiger partial charge on any atom is -0.493 e. The van der Waals surface area contributed by atoms with Crippen LogP contribution < -0.4 is 14.8 Å². The van der Waals surface area contributed by atoms with Gasteiger partial charge in [-0.2, -0.15) is 5.10 Å². The number of nitrogens with zero attached hydrogens (tertiary/aromatic N) is 3. The summed E-state index contributed by atoms with van der Waals surface area (Å²) in [5.74, 6) is -1.15. The highest BCUT2D eigenvalue weighted by Crippen LogP contribution is 2.32. The highest BCUT2D eigenvalue weighted by atomic mass is 19.1. The molecule has 4 rings (SSSR count). The normalized spacial score (nSPS) is 10.8. The highest BCUT2D eigenvalue weighted by Gasteiger charge is 2.17. The number of hydrogen-bond acceptors (Lipinski definition) is 5. The third-order valence-corrected chi connectivity index (χ3v) is 4.45. The molecule has 0 aliphatic heterocycles. The van der Waals surface area contributed by atoms with Crippen molar-refractivity contribution in [3.8, 4) is 22.8 Å². The molecule has 2 aromatic heterocycles. The molecule has 4 aromatic rings. The molecule has 2 heterocycles. The number of halogens is 2. The lowest BCUT2D eigenvalue weighted by Crippen LogP contribution is -2.14. The molecule has 0 aliphatic carbocycles. The van der Waals surface area contributed by atoms with Crippen molar-refractivity contribution in [2.24, 2.45) is 0 Å². The van der Waals surface area contributed by atoms with E-state index in [4.69, 9.17) is 9.47 Å². The number of amides is 1. The fourth-order valence-corrected chi connectivity index (χ4v) is 3.00. The Morgan fingerprint density at radius 2 is 1.80 bits per heavy atom. The van der Waals surface area contributed by atoms with E-state index in [1.807, 2.05) is 6.07 Å². The lowest BCUT2D eigenvalue weighted by Gasteiger charge is -2.10. The van der Waals surface area contributed by atoms with Crippen molar-refractivity contribution in [2.45, 2.75) is 0 Å². The Balaban J connectivity index is 1.71. The minimum absolute atomic E-state index is 0.0270. The van der Waals surface area contributed by atoms with Gasteiger partial charge in [-0.05, 0) is 36.4 Å². The van der Waals surface area contributed by atoms with E-state index in [-0.39, 0.29) is 11.4 Å². The number of benzene rings is 2. The molecule has 1 amide bonds. The third kappa shape index (κ3) is 3.52. The Hall–Kier alpha value is -4.01. The number of methoxy groups -OCH3 is 2. The van der Waals surface area contributed by atoms with Crippen LogP contribution in [-0.2, 0) is 0 Å². The first-order valence-electron chi connectivity index (χ1n) is 8.83. The number of anilines is 1. The lowest BCUT2D eigenvalue weighted by molar-refractivity contribution is 0.102. The summed E-state index contributed by atoms with van der Waals surface area (Å²) in [4.78, 5) is 16.8. The van der Waals surface area contributed by atoms with Gasteiger partial charge >= 0.3 is 0 Å². The summed E-state index contributed by atoms with van der Waals surface area (Å²) < 4.78 is 39.0. The zero-order valence-corrected chi connectivity index (χ0v) is 16.0. The number of carbonyl (C=O) groups excluding carboxylic acids is 1. The van der Waals surface area contributed by atoms with E-state index in [1.54, 1.807) is 31.5 Å². The molecular formula is C21H16F2N4O3. The zero-order valence-electron chi connectivity index (χ0n) is 16.0. The van der Waals surface area contributed by atoms with E-state index in [1.165, 1.54) is 17.7 Å². The van der Waals surface area contributed by atoms with Crippen LogP contribution in [0.25, 0.3) is 16.9 Å². The van der Waals surface area contributed by atoms with Gasteiger partial charge in [-0.3, -0.25) is 4.79 Å².